The molecule has 1 aromatic heterocycles. The number of aromatic hydroxyl groups is 1. The lowest BCUT2D eigenvalue weighted by molar-refractivity contribution is -0.138. The number of hydrogen-bond donors (Lipinski definition) is 4. The summed E-state index contributed by atoms with van der Waals surface area (Å²) in [4.78, 5) is 35.7. The summed E-state index contributed by atoms with van der Waals surface area (Å²) >= 11 is 5.66. The van der Waals surface area contributed by atoms with Crippen molar-refractivity contribution >= 4 is 45.9 Å². The van der Waals surface area contributed by atoms with Gasteiger partial charge in [-0.2, -0.15) is 13.2 Å². The van der Waals surface area contributed by atoms with E-state index in [1.165, 1.54) is 4.57 Å². The van der Waals surface area contributed by atoms with Crippen LogP contribution in [0.5, 0.6) is 5.88 Å². The third-order valence-corrected chi connectivity index (χ3v) is 5.72. The predicted octanol–water partition coefficient (Wildman–Crippen LogP) is 4.32. The van der Waals surface area contributed by atoms with E-state index in [4.69, 9.17) is 11.6 Å². The Kier molecular flexibility index (Phi) is 6.13. The van der Waals surface area contributed by atoms with Crippen LogP contribution in [0.2, 0.25) is 5.02 Å². The summed E-state index contributed by atoms with van der Waals surface area (Å²) in [6.07, 6.45) is -2.57. The van der Waals surface area contributed by atoms with Crippen molar-refractivity contribution in [1.82, 2.24) is 15.2 Å². The molecular weight excluding hydrogens is 477 g/mol. The Bertz CT molecular complexity index is 1310. The number of carbonyl (C=O) groups is 3. The number of nitrogens with zero attached hydrogens (tertiary/aromatic N) is 1. The van der Waals surface area contributed by atoms with Crippen LogP contribution < -0.4 is 16.0 Å². The predicted molar refractivity (Wildman–Crippen MR) is 117 cm³/mol. The molecule has 0 spiro atoms. The van der Waals surface area contributed by atoms with Crippen molar-refractivity contribution in [1.29, 1.82) is 0 Å². The summed E-state index contributed by atoms with van der Waals surface area (Å²) in [5.74, 6) is -0.961. The molecule has 1 unspecified atom stereocenters. The highest BCUT2D eigenvalue weighted by atomic mass is 35.5. The third-order valence-electron chi connectivity index (χ3n) is 5.41. The van der Waals surface area contributed by atoms with Gasteiger partial charge in [0.05, 0.1) is 10.6 Å². The molecular formula is C22H18ClF3N4O4. The number of amides is 4. The Morgan fingerprint density at radius 1 is 1.21 bits per heavy atom. The molecule has 4 rings (SSSR count). The highest BCUT2D eigenvalue weighted by Crippen LogP contribution is 2.36. The normalized spacial score (nSPS) is 16.4. The summed E-state index contributed by atoms with van der Waals surface area (Å²) in [5.41, 5.74) is -0.230. The van der Waals surface area contributed by atoms with Gasteiger partial charge in [-0.25, -0.2) is 4.79 Å². The van der Waals surface area contributed by atoms with Gasteiger partial charge in [0, 0.05) is 35.6 Å². The maximum atomic E-state index is 12.8. The Morgan fingerprint density at radius 2 is 1.97 bits per heavy atom. The van der Waals surface area contributed by atoms with E-state index in [1.807, 2.05) is 0 Å². The van der Waals surface area contributed by atoms with Crippen molar-refractivity contribution in [2.45, 2.75) is 31.6 Å². The number of alkyl halides is 3. The Hall–Kier alpha value is -3.73. The molecule has 3 aromatic rings. The number of carbonyl (C=O) groups excluding carboxylic acids is 3. The number of piperidine rings is 1. The summed E-state index contributed by atoms with van der Waals surface area (Å²) < 4.78 is 39.8. The second-order valence-corrected chi connectivity index (χ2v) is 8.16. The average molecular weight is 495 g/mol. The molecule has 1 fully saturated rings. The molecule has 1 atom stereocenters. The van der Waals surface area contributed by atoms with Gasteiger partial charge in [-0.05, 0) is 42.3 Å². The fraction of sp³-hybridized carbons (Fsp3) is 0.227. The minimum Gasteiger partial charge on any atom is -0.494 e. The molecule has 1 aliphatic rings. The van der Waals surface area contributed by atoms with E-state index in [9.17, 15) is 32.7 Å². The molecule has 8 nitrogen and oxygen atoms in total. The fourth-order valence-corrected chi connectivity index (χ4v) is 4.04. The maximum absolute atomic E-state index is 12.8. The molecule has 178 valence electrons. The first-order chi connectivity index (χ1) is 16.0. The van der Waals surface area contributed by atoms with Gasteiger partial charge in [0.1, 0.15) is 6.04 Å². The van der Waals surface area contributed by atoms with Crippen molar-refractivity contribution < 1.29 is 32.7 Å². The lowest BCUT2D eigenvalue weighted by Gasteiger charge is -2.22. The Balaban J connectivity index is 1.43. The van der Waals surface area contributed by atoms with Gasteiger partial charge in [-0.3, -0.25) is 14.9 Å². The molecule has 12 heteroatoms. The second kappa shape index (κ2) is 8.90. The van der Waals surface area contributed by atoms with Crippen LogP contribution in [0, 0.1) is 0 Å². The number of halogens is 4. The Labute approximate surface area is 195 Å². The first-order valence-corrected chi connectivity index (χ1v) is 10.5. The van der Waals surface area contributed by atoms with Gasteiger partial charge in [-0.15, -0.1) is 0 Å². The molecule has 2 heterocycles. The van der Waals surface area contributed by atoms with Crippen LogP contribution in [0.4, 0.5) is 23.7 Å². The molecule has 2 aromatic carbocycles. The van der Waals surface area contributed by atoms with Gasteiger partial charge in [0.2, 0.25) is 11.8 Å². The summed E-state index contributed by atoms with van der Waals surface area (Å²) in [5, 5.41) is 18.4. The number of nitrogens with one attached hydrogen (secondary N) is 3. The zero-order valence-corrected chi connectivity index (χ0v) is 18.1. The van der Waals surface area contributed by atoms with Gasteiger partial charge >= 0.3 is 12.2 Å². The number of benzene rings is 2. The molecule has 1 aliphatic heterocycles. The van der Waals surface area contributed by atoms with Crippen LogP contribution in [0.1, 0.15) is 30.0 Å². The van der Waals surface area contributed by atoms with Gasteiger partial charge in [0.15, 0.2) is 5.88 Å². The monoisotopic (exact) mass is 494 g/mol. The number of anilines is 1. The number of fused-ring (bicyclic) bond motifs is 1. The van der Waals surface area contributed by atoms with Crippen LogP contribution in [0.3, 0.4) is 0 Å². The van der Waals surface area contributed by atoms with Crippen molar-refractivity contribution in [3.63, 3.8) is 0 Å². The number of rotatable bonds is 4. The van der Waals surface area contributed by atoms with E-state index >= 15 is 0 Å². The van der Waals surface area contributed by atoms with Crippen molar-refractivity contribution in [2.75, 3.05) is 5.32 Å². The Morgan fingerprint density at radius 3 is 2.65 bits per heavy atom. The van der Waals surface area contributed by atoms with E-state index in [2.05, 4.69) is 16.0 Å². The van der Waals surface area contributed by atoms with Gasteiger partial charge < -0.3 is 20.3 Å². The smallest absolute Gasteiger partial charge is 0.417 e. The first-order valence-electron chi connectivity index (χ1n) is 10.1. The fourth-order valence-electron chi connectivity index (χ4n) is 3.75. The standard InChI is InChI=1S/C22H18ClF3N4O4/c23-16-8-13(2-4-15(16)22(24,25)26)28-21(34)27-9-11-1-3-14-12(7-11)10-30(20(14)33)17-5-6-18(31)29-19(17)32/h1-4,7-8,10,17,33H,5-6,9H2,(H2,27,28,34)(H,29,31,32). The average Bonchev–Trinajstić information content (AvgIpc) is 3.07. The van der Waals surface area contributed by atoms with E-state index in [-0.39, 0.29) is 36.9 Å². The largest absolute Gasteiger partial charge is 0.494 e. The minimum absolute atomic E-state index is 0.0838. The number of hydrogen-bond acceptors (Lipinski definition) is 4. The molecule has 4 N–H and O–H groups in total. The van der Waals surface area contributed by atoms with Crippen molar-refractivity contribution in [3.05, 3.63) is 58.7 Å². The van der Waals surface area contributed by atoms with Crippen molar-refractivity contribution in [3.8, 4) is 5.88 Å². The highest BCUT2D eigenvalue weighted by Gasteiger charge is 2.33. The quantitative estimate of drug-likeness (QED) is 0.405. The molecule has 34 heavy (non-hydrogen) atoms. The molecule has 0 bridgehead atoms. The minimum atomic E-state index is -4.60. The zero-order chi connectivity index (χ0) is 24.6. The lowest BCUT2D eigenvalue weighted by Crippen LogP contribution is -2.41. The molecule has 0 radical (unpaired) electrons. The third kappa shape index (κ3) is 4.79. The SMILES string of the molecule is O=C1CCC(n2cc3cc(CNC(=O)Nc4ccc(C(F)(F)F)c(Cl)c4)ccc3c2O)C(=O)N1. The maximum Gasteiger partial charge on any atom is 0.417 e. The number of urea groups is 1. The molecule has 4 amide bonds. The van der Waals surface area contributed by atoms with Gasteiger partial charge in [-0.1, -0.05) is 17.7 Å². The van der Waals surface area contributed by atoms with E-state index in [0.29, 0.717) is 16.3 Å². The molecule has 0 aliphatic carbocycles. The van der Waals surface area contributed by atoms with E-state index in [0.717, 1.165) is 18.2 Å². The topological polar surface area (TPSA) is 112 Å². The van der Waals surface area contributed by atoms with E-state index in [1.54, 1.807) is 24.4 Å². The summed E-state index contributed by atoms with van der Waals surface area (Å²) in [6.45, 7) is 0.0838. The second-order valence-electron chi connectivity index (χ2n) is 7.75. The highest BCUT2D eigenvalue weighted by molar-refractivity contribution is 6.31. The first kappa shape index (κ1) is 23.4. The molecule has 0 saturated carbocycles. The zero-order valence-electron chi connectivity index (χ0n) is 17.4. The van der Waals surface area contributed by atoms with Crippen LogP contribution >= 0.6 is 11.6 Å². The van der Waals surface area contributed by atoms with Gasteiger partial charge in [0.25, 0.3) is 0 Å². The summed E-state index contributed by atoms with van der Waals surface area (Å²) in [7, 11) is 0. The summed E-state index contributed by atoms with van der Waals surface area (Å²) in [6, 6.07) is 6.55. The van der Waals surface area contributed by atoms with Crippen LogP contribution in [-0.4, -0.2) is 27.5 Å². The van der Waals surface area contributed by atoms with Crippen molar-refractivity contribution in [2.24, 2.45) is 0 Å². The van der Waals surface area contributed by atoms with Crippen LogP contribution in [0.15, 0.2) is 42.6 Å². The number of aromatic nitrogens is 1. The lowest BCUT2D eigenvalue weighted by atomic mass is 10.1. The number of imide groups is 1. The molecule has 1 saturated heterocycles. The van der Waals surface area contributed by atoms with Crippen LogP contribution in [-0.2, 0) is 22.3 Å². The van der Waals surface area contributed by atoms with Crippen LogP contribution in [0.25, 0.3) is 10.8 Å². The van der Waals surface area contributed by atoms with E-state index < -0.39 is 34.7 Å².